The quantitative estimate of drug-likeness (QED) is 0.605. The minimum absolute atomic E-state index is 0.147. The molecule has 0 aromatic heterocycles. The first-order valence-electron chi connectivity index (χ1n) is 10.2. The molecule has 2 aliphatic carbocycles. The number of hydrogen-bond acceptors (Lipinski definition) is 3. The summed E-state index contributed by atoms with van der Waals surface area (Å²) in [6.07, 6.45) is 9.93. The largest absolute Gasteiger partial charge is 0.352 e. The van der Waals surface area contributed by atoms with Crippen LogP contribution in [0.15, 0.2) is 12.2 Å². The second-order valence-electron chi connectivity index (χ2n) is 8.81. The maximum absolute atomic E-state index is 13.0. The summed E-state index contributed by atoms with van der Waals surface area (Å²) in [5.74, 6) is -0.0437. The molecule has 26 heavy (non-hydrogen) atoms. The molecule has 1 saturated carbocycles. The van der Waals surface area contributed by atoms with Crippen molar-refractivity contribution in [2.24, 2.45) is 23.7 Å². The minimum Gasteiger partial charge on any atom is -0.352 e. The fourth-order valence-corrected chi connectivity index (χ4v) is 4.61. The second kappa shape index (κ2) is 7.93. The molecule has 0 radical (unpaired) electrons. The van der Waals surface area contributed by atoms with Crippen LogP contribution in [0.4, 0.5) is 0 Å². The van der Waals surface area contributed by atoms with Gasteiger partial charge in [0.15, 0.2) is 0 Å². The van der Waals surface area contributed by atoms with Crippen molar-refractivity contribution in [2.45, 2.75) is 77.8 Å². The van der Waals surface area contributed by atoms with E-state index in [0.29, 0.717) is 25.2 Å². The van der Waals surface area contributed by atoms with E-state index in [2.05, 4.69) is 12.2 Å². The van der Waals surface area contributed by atoms with Gasteiger partial charge in [0.05, 0.1) is 11.8 Å². The summed E-state index contributed by atoms with van der Waals surface area (Å²) in [6, 6.07) is -0.495. The van der Waals surface area contributed by atoms with E-state index >= 15 is 0 Å². The molecule has 144 valence electrons. The van der Waals surface area contributed by atoms with Crippen molar-refractivity contribution in [1.29, 1.82) is 0 Å². The number of hydrogen-bond donors (Lipinski definition) is 1. The normalized spacial score (nSPS) is 32.7. The third kappa shape index (κ3) is 3.86. The van der Waals surface area contributed by atoms with Crippen LogP contribution in [0.1, 0.15) is 65.7 Å². The zero-order valence-corrected chi connectivity index (χ0v) is 16.2. The van der Waals surface area contributed by atoms with E-state index in [-0.39, 0.29) is 41.5 Å². The third-order valence-corrected chi connectivity index (χ3v) is 6.21. The van der Waals surface area contributed by atoms with Gasteiger partial charge in [-0.2, -0.15) is 0 Å². The van der Waals surface area contributed by atoms with Crippen LogP contribution >= 0.6 is 0 Å². The smallest absolute Gasteiger partial charge is 0.243 e. The molecule has 0 bridgehead atoms. The highest BCUT2D eigenvalue weighted by Crippen LogP contribution is 2.37. The van der Waals surface area contributed by atoms with Crippen molar-refractivity contribution < 1.29 is 14.4 Å². The number of likely N-dealkylation sites (tertiary alicyclic amines) is 1. The number of nitrogens with zero attached hydrogens (tertiary/aromatic N) is 1. The summed E-state index contributed by atoms with van der Waals surface area (Å²) in [6.45, 7) is 6.31. The van der Waals surface area contributed by atoms with Gasteiger partial charge in [-0.25, -0.2) is 0 Å². The van der Waals surface area contributed by atoms with Crippen LogP contribution in [-0.4, -0.2) is 34.7 Å². The molecule has 3 aliphatic rings. The van der Waals surface area contributed by atoms with Gasteiger partial charge < -0.3 is 5.32 Å². The number of carbonyl (C=O) groups excluding carboxylic acids is 3. The lowest BCUT2D eigenvalue weighted by atomic mass is 9.85. The lowest BCUT2D eigenvalue weighted by Gasteiger charge is -2.31. The fraction of sp³-hybridized carbons (Fsp3) is 0.762. The molecular formula is C21H32N2O3. The monoisotopic (exact) mass is 360 g/mol. The van der Waals surface area contributed by atoms with Crippen molar-refractivity contribution in [2.75, 3.05) is 0 Å². The number of amides is 3. The average molecular weight is 360 g/mol. The minimum atomic E-state index is -0.667. The SMILES string of the molecule is CC(C)CC(C(=O)NC1CCC(C)CC1)N1C(=O)C2CC=CCC2C1=O. The third-order valence-electron chi connectivity index (χ3n) is 6.21. The number of rotatable bonds is 5. The Bertz CT molecular complexity index is 564. The number of fused-ring (bicyclic) bond motifs is 1. The van der Waals surface area contributed by atoms with Crippen molar-refractivity contribution in [1.82, 2.24) is 10.2 Å². The standard InChI is InChI=1S/C21H32N2O3/c1-13(2)12-18(19(24)22-15-10-8-14(3)9-11-15)23-20(25)16-6-4-5-7-17(16)21(23)26/h4-5,13-18H,6-12H2,1-3H3,(H,22,24). The zero-order chi connectivity index (χ0) is 18.8. The Balaban J connectivity index is 1.74. The maximum atomic E-state index is 13.0. The Labute approximate surface area is 156 Å². The molecule has 0 aromatic rings. The molecule has 1 heterocycles. The lowest BCUT2D eigenvalue weighted by molar-refractivity contribution is -0.148. The van der Waals surface area contributed by atoms with Gasteiger partial charge in [-0.05, 0) is 56.8 Å². The van der Waals surface area contributed by atoms with Crippen molar-refractivity contribution >= 4 is 17.7 Å². The van der Waals surface area contributed by atoms with Gasteiger partial charge in [0.1, 0.15) is 6.04 Å². The molecule has 5 heteroatoms. The van der Waals surface area contributed by atoms with E-state index in [9.17, 15) is 14.4 Å². The van der Waals surface area contributed by atoms with Gasteiger partial charge in [0, 0.05) is 6.04 Å². The Hall–Kier alpha value is -1.65. The fourth-order valence-electron chi connectivity index (χ4n) is 4.61. The molecule has 1 N–H and O–H groups in total. The van der Waals surface area contributed by atoms with E-state index in [1.54, 1.807) is 0 Å². The number of carbonyl (C=O) groups is 3. The molecule has 0 aromatic carbocycles. The van der Waals surface area contributed by atoms with Gasteiger partial charge in [0.25, 0.3) is 0 Å². The number of allylic oxidation sites excluding steroid dienone is 2. The average Bonchev–Trinajstić information content (AvgIpc) is 2.86. The van der Waals surface area contributed by atoms with Gasteiger partial charge in [-0.3, -0.25) is 19.3 Å². The van der Waals surface area contributed by atoms with E-state index in [1.807, 2.05) is 26.0 Å². The Morgan fingerprint density at radius 2 is 1.62 bits per heavy atom. The predicted octanol–water partition coefficient (Wildman–Crippen LogP) is 3.05. The van der Waals surface area contributed by atoms with Crippen LogP contribution in [0.3, 0.4) is 0 Å². The van der Waals surface area contributed by atoms with Crippen LogP contribution in [0.25, 0.3) is 0 Å². The topological polar surface area (TPSA) is 66.5 Å². The molecule has 3 rings (SSSR count). The second-order valence-corrected chi connectivity index (χ2v) is 8.81. The highest BCUT2D eigenvalue weighted by Gasteiger charge is 2.51. The van der Waals surface area contributed by atoms with Crippen molar-refractivity contribution in [3.05, 3.63) is 12.2 Å². The van der Waals surface area contributed by atoms with Crippen LogP contribution < -0.4 is 5.32 Å². The first kappa shape index (κ1) is 19.1. The van der Waals surface area contributed by atoms with Gasteiger partial charge in [-0.15, -0.1) is 0 Å². The number of imide groups is 1. The summed E-state index contributed by atoms with van der Waals surface area (Å²) >= 11 is 0. The van der Waals surface area contributed by atoms with Crippen LogP contribution in [0.5, 0.6) is 0 Å². The molecule has 1 aliphatic heterocycles. The summed E-state index contributed by atoms with van der Waals surface area (Å²) in [5, 5.41) is 3.14. The maximum Gasteiger partial charge on any atom is 0.243 e. The van der Waals surface area contributed by atoms with Crippen LogP contribution in [0.2, 0.25) is 0 Å². The molecule has 1 saturated heterocycles. The van der Waals surface area contributed by atoms with Gasteiger partial charge >= 0.3 is 0 Å². The summed E-state index contributed by atoms with van der Waals surface area (Å²) < 4.78 is 0. The highest BCUT2D eigenvalue weighted by atomic mass is 16.2. The zero-order valence-electron chi connectivity index (χ0n) is 16.2. The molecule has 3 unspecified atom stereocenters. The summed E-state index contributed by atoms with van der Waals surface area (Å²) in [7, 11) is 0. The summed E-state index contributed by atoms with van der Waals surface area (Å²) in [5.41, 5.74) is 0. The highest BCUT2D eigenvalue weighted by molar-refractivity contribution is 6.08. The summed E-state index contributed by atoms with van der Waals surface area (Å²) in [4.78, 5) is 40.2. The van der Waals surface area contributed by atoms with Crippen LogP contribution in [0, 0.1) is 23.7 Å². The Morgan fingerprint density at radius 1 is 1.08 bits per heavy atom. The van der Waals surface area contributed by atoms with Crippen molar-refractivity contribution in [3.8, 4) is 0 Å². The molecular weight excluding hydrogens is 328 g/mol. The first-order chi connectivity index (χ1) is 12.4. The Morgan fingerprint density at radius 3 is 2.12 bits per heavy atom. The molecule has 3 amide bonds. The molecule has 3 atom stereocenters. The van der Waals surface area contributed by atoms with Gasteiger partial charge in [0.2, 0.25) is 17.7 Å². The predicted molar refractivity (Wildman–Crippen MR) is 100 cm³/mol. The van der Waals surface area contributed by atoms with E-state index in [1.165, 1.54) is 4.90 Å². The molecule has 0 spiro atoms. The van der Waals surface area contributed by atoms with E-state index in [0.717, 1.165) is 25.7 Å². The van der Waals surface area contributed by atoms with Crippen LogP contribution in [-0.2, 0) is 14.4 Å². The van der Waals surface area contributed by atoms with E-state index < -0.39 is 6.04 Å². The Kier molecular flexibility index (Phi) is 5.83. The molecule has 5 nitrogen and oxygen atoms in total. The van der Waals surface area contributed by atoms with Gasteiger partial charge in [-0.1, -0.05) is 32.9 Å². The first-order valence-corrected chi connectivity index (χ1v) is 10.2. The lowest BCUT2D eigenvalue weighted by Crippen LogP contribution is -2.53. The van der Waals surface area contributed by atoms with Crippen molar-refractivity contribution in [3.63, 3.8) is 0 Å². The number of nitrogens with one attached hydrogen (secondary N) is 1. The van der Waals surface area contributed by atoms with E-state index in [4.69, 9.17) is 0 Å². The molecule has 2 fully saturated rings.